The second-order valence-electron chi connectivity index (χ2n) is 6.75. The van der Waals surface area contributed by atoms with Crippen molar-refractivity contribution < 1.29 is 19.1 Å². The van der Waals surface area contributed by atoms with Gasteiger partial charge in [-0.2, -0.15) is 0 Å². The summed E-state index contributed by atoms with van der Waals surface area (Å²) in [6.07, 6.45) is -1.21. The highest BCUT2D eigenvalue weighted by Gasteiger charge is 2.25. The standard InChI is InChI=1S/C23H31N3O4/c1-4-25(5-2)16-17-26(23(28)30-19-21-14-10-7-11-15-21)24(3)22(27)29-18-20-12-8-6-9-13-20/h6-15H,4-5,16-19H2,1-3H3. The van der Waals surface area contributed by atoms with Gasteiger partial charge in [0, 0.05) is 13.6 Å². The van der Waals surface area contributed by atoms with Crippen molar-refractivity contribution in [2.45, 2.75) is 27.1 Å². The Balaban J connectivity index is 2.00. The number of likely N-dealkylation sites (N-methyl/N-ethyl adjacent to an activating group) is 1. The Bertz CT molecular complexity index is 767. The third-order valence-electron chi connectivity index (χ3n) is 4.77. The first-order valence-corrected chi connectivity index (χ1v) is 10.2. The van der Waals surface area contributed by atoms with Gasteiger partial charge in [0.2, 0.25) is 0 Å². The van der Waals surface area contributed by atoms with Crippen LogP contribution in [0.5, 0.6) is 0 Å². The normalized spacial score (nSPS) is 10.5. The van der Waals surface area contributed by atoms with Gasteiger partial charge in [0.1, 0.15) is 13.2 Å². The lowest BCUT2D eigenvalue weighted by atomic mass is 10.2. The van der Waals surface area contributed by atoms with Crippen LogP contribution in [-0.2, 0) is 22.7 Å². The molecule has 7 nitrogen and oxygen atoms in total. The van der Waals surface area contributed by atoms with Gasteiger partial charge in [0.05, 0.1) is 6.54 Å². The molecule has 30 heavy (non-hydrogen) atoms. The van der Waals surface area contributed by atoms with E-state index in [1.165, 1.54) is 17.1 Å². The highest BCUT2D eigenvalue weighted by Crippen LogP contribution is 2.09. The molecule has 0 radical (unpaired) electrons. The molecule has 2 aromatic rings. The first kappa shape index (κ1) is 23.2. The lowest BCUT2D eigenvalue weighted by Crippen LogP contribution is -2.50. The van der Waals surface area contributed by atoms with Crippen molar-refractivity contribution >= 4 is 12.2 Å². The largest absolute Gasteiger partial charge is 0.443 e. The monoisotopic (exact) mass is 413 g/mol. The van der Waals surface area contributed by atoms with Crippen LogP contribution >= 0.6 is 0 Å². The zero-order valence-electron chi connectivity index (χ0n) is 18.0. The molecule has 2 amide bonds. The van der Waals surface area contributed by atoms with Crippen LogP contribution in [0.15, 0.2) is 60.7 Å². The highest BCUT2D eigenvalue weighted by atomic mass is 16.6. The van der Waals surface area contributed by atoms with Crippen LogP contribution in [0.4, 0.5) is 9.59 Å². The minimum Gasteiger partial charge on any atom is -0.443 e. The predicted molar refractivity (Wildman–Crippen MR) is 116 cm³/mol. The first-order valence-electron chi connectivity index (χ1n) is 10.2. The molecular formula is C23H31N3O4. The summed E-state index contributed by atoms with van der Waals surface area (Å²) in [6.45, 7) is 7.01. The SMILES string of the molecule is CCN(CC)CCN(C(=O)OCc1ccccc1)N(C)C(=O)OCc1ccccc1. The topological polar surface area (TPSA) is 62.3 Å². The predicted octanol–water partition coefficient (Wildman–Crippen LogP) is 4.15. The molecule has 0 saturated heterocycles. The van der Waals surface area contributed by atoms with Crippen molar-refractivity contribution in [1.29, 1.82) is 0 Å². The summed E-state index contributed by atoms with van der Waals surface area (Å²) in [7, 11) is 1.51. The number of rotatable bonds is 9. The number of nitrogens with zero attached hydrogens (tertiary/aromatic N) is 3. The molecule has 2 aromatic carbocycles. The fourth-order valence-electron chi connectivity index (χ4n) is 2.84. The number of benzene rings is 2. The van der Waals surface area contributed by atoms with E-state index >= 15 is 0 Å². The number of hydrazine groups is 1. The third-order valence-corrected chi connectivity index (χ3v) is 4.77. The molecule has 0 aliphatic heterocycles. The first-order chi connectivity index (χ1) is 14.5. The van der Waals surface area contributed by atoms with Crippen molar-refractivity contribution in [3.63, 3.8) is 0 Å². The lowest BCUT2D eigenvalue weighted by molar-refractivity contribution is -0.0156. The van der Waals surface area contributed by atoms with E-state index in [0.29, 0.717) is 13.1 Å². The number of carbonyl (C=O) groups is 2. The maximum absolute atomic E-state index is 12.8. The third kappa shape index (κ3) is 7.40. The van der Waals surface area contributed by atoms with E-state index in [-0.39, 0.29) is 13.2 Å². The van der Waals surface area contributed by atoms with Crippen molar-refractivity contribution in [1.82, 2.24) is 14.9 Å². The summed E-state index contributed by atoms with van der Waals surface area (Å²) in [4.78, 5) is 27.5. The molecule has 7 heteroatoms. The number of ether oxygens (including phenoxy) is 2. The molecule has 0 atom stereocenters. The second-order valence-corrected chi connectivity index (χ2v) is 6.75. The van der Waals surface area contributed by atoms with Gasteiger partial charge in [-0.15, -0.1) is 0 Å². The number of hydrogen-bond donors (Lipinski definition) is 0. The molecular weight excluding hydrogens is 382 g/mol. The average molecular weight is 414 g/mol. The molecule has 0 saturated carbocycles. The van der Waals surface area contributed by atoms with E-state index < -0.39 is 12.2 Å². The van der Waals surface area contributed by atoms with Gasteiger partial charge < -0.3 is 14.4 Å². The summed E-state index contributed by atoms with van der Waals surface area (Å²) in [5.41, 5.74) is 1.75. The molecule has 0 aliphatic carbocycles. The molecule has 0 bridgehead atoms. The number of hydrogen-bond acceptors (Lipinski definition) is 5. The summed E-state index contributed by atoms with van der Waals surface area (Å²) < 4.78 is 10.8. The summed E-state index contributed by atoms with van der Waals surface area (Å²) >= 11 is 0. The molecule has 0 fully saturated rings. The van der Waals surface area contributed by atoms with E-state index in [0.717, 1.165) is 24.2 Å². The van der Waals surface area contributed by atoms with Gasteiger partial charge in [-0.25, -0.2) is 19.6 Å². The van der Waals surface area contributed by atoms with E-state index in [2.05, 4.69) is 18.7 Å². The van der Waals surface area contributed by atoms with Crippen LogP contribution in [0.25, 0.3) is 0 Å². The molecule has 0 N–H and O–H groups in total. The Hall–Kier alpha value is -3.06. The zero-order valence-corrected chi connectivity index (χ0v) is 18.0. The minimum absolute atomic E-state index is 0.132. The van der Waals surface area contributed by atoms with Gasteiger partial charge in [-0.3, -0.25) is 0 Å². The molecule has 0 unspecified atom stereocenters. The Morgan fingerprint density at radius 1 is 0.733 bits per heavy atom. The summed E-state index contributed by atoms with van der Waals surface area (Å²) in [5, 5.41) is 2.47. The molecule has 162 valence electrons. The summed E-state index contributed by atoms with van der Waals surface area (Å²) in [6, 6.07) is 18.8. The van der Waals surface area contributed by atoms with E-state index in [9.17, 15) is 9.59 Å². The van der Waals surface area contributed by atoms with Crippen molar-refractivity contribution in [2.75, 3.05) is 33.2 Å². The van der Waals surface area contributed by atoms with Gasteiger partial charge in [-0.1, -0.05) is 74.5 Å². The maximum Gasteiger partial charge on any atom is 0.429 e. The smallest absolute Gasteiger partial charge is 0.429 e. The molecule has 0 aliphatic rings. The van der Waals surface area contributed by atoms with Gasteiger partial charge in [0.15, 0.2) is 0 Å². The van der Waals surface area contributed by atoms with Crippen molar-refractivity contribution in [3.05, 3.63) is 71.8 Å². The summed E-state index contributed by atoms with van der Waals surface area (Å²) in [5.74, 6) is 0. The fourth-order valence-corrected chi connectivity index (χ4v) is 2.84. The Kier molecular flexibility index (Phi) is 9.67. The number of carbonyl (C=O) groups excluding carboxylic acids is 2. The molecule has 0 spiro atoms. The second kappa shape index (κ2) is 12.5. The average Bonchev–Trinajstić information content (AvgIpc) is 2.80. The van der Waals surface area contributed by atoms with Gasteiger partial charge in [-0.05, 0) is 24.2 Å². The van der Waals surface area contributed by atoms with E-state index in [4.69, 9.17) is 9.47 Å². The Morgan fingerprint density at radius 3 is 1.67 bits per heavy atom. The van der Waals surface area contributed by atoms with Crippen LogP contribution in [0.2, 0.25) is 0 Å². The lowest BCUT2D eigenvalue weighted by Gasteiger charge is -2.32. The Labute approximate surface area is 178 Å². The van der Waals surface area contributed by atoms with Gasteiger partial charge >= 0.3 is 12.2 Å². The van der Waals surface area contributed by atoms with E-state index in [1.54, 1.807) is 0 Å². The molecule has 0 aromatic heterocycles. The molecule has 0 heterocycles. The zero-order chi connectivity index (χ0) is 21.8. The van der Waals surface area contributed by atoms with E-state index in [1.807, 2.05) is 60.7 Å². The van der Waals surface area contributed by atoms with Gasteiger partial charge in [0.25, 0.3) is 0 Å². The van der Waals surface area contributed by atoms with Crippen molar-refractivity contribution in [3.8, 4) is 0 Å². The van der Waals surface area contributed by atoms with Crippen LogP contribution in [-0.4, -0.2) is 60.3 Å². The maximum atomic E-state index is 12.8. The van der Waals surface area contributed by atoms with Crippen LogP contribution in [0, 0.1) is 0 Å². The van der Waals surface area contributed by atoms with Crippen LogP contribution in [0.3, 0.4) is 0 Å². The van der Waals surface area contributed by atoms with Crippen molar-refractivity contribution in [2.24, 2.45) is 0 Å². The Morgan fingerprint density at radius 2 is 1.20 bits per heavy atom. The minimum atomic E-state index is -0.616. The van der Waals surface area contributed by atoms with Crippen LogP contribution < -0.4 is 0 Å². The fraction of sp³-hybridized carbons (Fsp3) is 0.391. The van der Waals surface area contributed by atoms with Crippen LogP contribution in [0.1, 0.15) is 25.0 Å². The quantitative estimate of drug-likeness (QED) is 0.578. The number of amides is 2. The highest BCUT2D eigenvalue weighted by molar-refractivity contribution is 5.74. The molecule has 2 rings (SSSR count).